The second kappa shape index (κ2) is 6.69. The van der Waals surface area contributed by atoms with Gasteiger partial charge in [-0.1, -0.05) is 17.7 Å². The first-order chi connectivity index (χ1) is 11.7. The van der Waals surface area contributed by atoms with Crippen LogP contribution in [0, 0.1) is 0 Å². The SMILES string of the molecule is CC(C)(C)OC(=O)N1CCc2ccc(Nc3nc(Cl)ncc3Cl)cc21. The van der Waals surface area contributed by atoms with Crippen LogP contribution < -0.4 is 10.2 Å². The predicted octanol–water partition coefficient (Wildman–Crippen LogP) is 4.82. The maximum absolute atomic E-state index is 12.4. The molecule has 0 fully saturated rings. The van der Waals surface area contributed by atoms with E-state index in [0.29, 0.717) is 17.4 Å². The van der Waals surface area contributed by atoms with Crippen molar-refractivity contribution >= 4 is 46.5 Å². The molecule has 1 aromatic heterocycles. The van der Waals surface area contributed by atoms with Gasteiger partial charge in [-0.25, -0.2) is 9.78 Å². The monoisotopic (exact) mass is 380 g/mol. The van der Waals surface area contributed by atoms with Crippen LogP contribution in [-0.2, 0) is 11.2 Å². The molecule has 1 aliphatic rings. The highest BCUT2D eigenvalue weighted by Gasteiger charge is 2.29. The summed E-state index contributed by atoms with van der Waals surface area (Å²) in [6, 6.07) is 5.75. The lowest BCUT2D eigenvalue weighted by Crippen LogP contribution is -2.35. The van der Waals surface area contributed by atoms with Gasteiger partial charge >= 0.3 is 6.09 Å². The Labute approximate surface area is 156 Å². The number of nitrogens with zero attached hydrogens (tertiary/aromatic N) is 3. The molecule has 0 atom stereocenters. The van der Waals surface area contributed by atoms with Crippen molar-refractivity contribution in [3.05, 3.63) is 40.3 Å². The van der Waals surface area contributed by atoms with Crippen molar-refractivity contribution in [1.82, 2.24) is 9.97 Å². The topological polar surface area (TPSA) is 67.3 Å². The van der Waals surface area contributed by atoms with Gasteiger partial charge in [-0.15, -0.1) is 0 Å². The molecule has 2 heterocycles. The van der Waals surface area contributed by atoms with Crippen molar-refractivity contribution in [2.45, 2.75) is 32.8 Å². The van der Waals surface area contributed by atoms with E-state index < -0.39 is 5.60 Å². The van der Waals surface area contributed by atoms with Crippen LogP contribution in [0.1, 0.15) is 26.3 Å². The average molecular weight is 381 g/mol. The Bertz CT molecular complexity index is 821. The van der Waals surface area contributed by atoms with Crippen LogP contribution >= 0.6 is 23.2 Å². The fourth-order valence-corrected chi connectivity index (χ4v) is 2.81. The molecule has 0 radical (unpaired) electrons. The number of anilines is 3. The number of benzene rings is 1. The van der Waals surface area contributed by atoms with Crippen LogP contribution in [0.5, 0.6) is 0 Å². The van der Waals surface area contributed by atoms with E-state index in [1.165, 1.54) is 6.20 Å². The van der Waals surface area contributed by atoms with Crippen LogP contribution in [0.4, 0.5) is 22.0 Å². The fraction of sp³-hybridized carbons (Fsp3) is 0.353. The molecule has 8 heteroatoms. The Morgan fingerprint density at radius 1 is 1.32 bits per heavy atom. The summed E-state index contributed by atoms with van der Waals surface area (Å²) in [7, 11) is 0. The van der Waals surface area contributed by atoms with Gasteiger partial charge in [-0.05, 0) is 56.5 Å². The summed E-state index contributed by atoms with van der Waals surface area (Å²) in [5.41, 5.74) is 2.10. The van der Waals surface area contributed by atoms with E-state index >= 15 is 0 Å². The van der Waals surface area contributed by atoms with Gasteiger partial charge in [-0.2, -0.15) is 4.98 Å². The molecule has 0 bridgehead atoms. The van der Waals surface area contributed by atoms with E-state index in [4.69, 9.17) is 27.9 Å². The van der Waals surface area contributed by atoms with Crippen LogP contribution in [0.25, 0.3) is 0 Å². The fourth-order valence-electron chi connectivity index (χ4n) is 2.53. The van der Waals surface area contributed by atoms with Crippen LogP contribution in [0.2, 0.25) is 10.3 Å². The van der Waals surface area contributed by atoms with Crippen LogP contribution in [-0.4, -0.2) is 28.2 Å². The Kier molecular flexibility index (Phi) is 4.75. The van der Waals surface area contributed by atoms with E-state index in [0.717, 1.165) is 23.4 Å². The maximum atomic E-state index is 12.4. The van der Waals surface area contributed by atoms with Gasteiger partial charge in [0.1, 0.15) is 10.6 Å². The molecule has 25 heavy (non-hydrogen) atoms. The Hall–Kier alpha value is -2.05. The molecule has 0 spiro atoms. The third-order valence-corrected chi connectivity index (χ3v) is 4.03. The molecule has 0 saturated heterocycles. The average Bonchev–Trinajstić information content (AvgIpc) is 2.92. The molecule has 132 valence electrons. The Morgan fingerprint density at radius 3 is 2.80 bits per heavy atom. The number of ether oxygens (including phenoxy) is 1. The van der Waals surface area contributed by atoms with Crippen molar-refractivity contribution in [3.8, 4) is 0 Å². The number of halogens is 2. The molecule has 6 nitrogen and oxygen atoms in total. The van der Waals surface area contributed by atoms with E-state index in [9.17, 15) is 4.79 Å². The zero-order valence-electron chi connectivity index (χ0n) is 14.1. The normalized spacial score (nSPS) is 13.6. The van der Waals surface area contributed by atoms with E-state index in [1.54, 1.807) is 4.90 Å². The zero-order valence-corrected chi connectivity index (χ0v) is 15.6. The predicted molar refractivity (Wildman–Crippen MR) is 99.1 cm³/mol. The number of rotatable bonds is 2. The lowest BCUT2D eigenvalue weighted by molar-refractivity contribution is 0.0584. The molecule has 1 N–H and O–H groups in total. The number of carbonyl (C=O) groups is 1. The third-order valence-electron chi connectivity index (χ3n) is 3.57. The van der Waals surface area contributed by atoms with E-state index in [-0.39, 0.29) is 11.4 Å². The molecule has 3 rings (SSSR count). The zero-order chi connectivity index (χ0) is 18.2. The van der Waals surface area contributed by atoms with Gasteiger partial charge in [0, 0.05) is 12.2 Å². The number of amides is 1. The van der Waals surface area contributed by atoms with Gasteiger partial charge in [0.05, 0.1) is 11.9 Å². The minimum Gasteiger partial charge on any atom is -0.443 e. The third kappa shape index (κ3) is 4.14. The molecule has 1 aliphatic heterocycles. The van der Waals surface area contributed by atoms with Gasteiger partial charge < -0.3 is 10.1 Å². The second-order valence-electron chi connectivity index (χ2n) is 6.69. The highest BCUT2D eigenvalue weighted by atomic mass is 35.5. The lowest BCUT2D eigenvalue weighted by atomic mass is 10.1. The van der Waals surface area contributed by atoms with Crippen molar-refractivity contribution in [3.63, 3.8) is 0 Å². The summed E-state index contributed by atoms with van der Waals surface area (Å²) in [5.74, 6) is 0.406. The number of hydrogen-bond donors (Lipinski definition) is 1. The van der Waals surface area contributed by atoms with Gasteiger partial charge in [0.15, 0.2) is 5.82 Å². The Balaban J connectivity index is 1.85. The first-order valence-electron chi connectivity index (χ1n) is 7.81. The standard InChI is InChI=1S/C17H18Cl2N4O2/c1-17(2,3)25-16(24)23-7-6-10-4-5-11(8-13(10)23)21-14-12(18)9-20-15(19)22-14/h4-5,8-9H,6-7H2,1-3H3,(H,20,21,22). The largest absolute Gasteiger partial charge is 0.443 e. The highest BCUT2D eigenvalue weighted by molar-refractivity contribution is 6.33. The molecular weight excluding hydrogens is 363 g/mol. The van der Waals surface area contributed by atoms with E-state index in [2.05, 4.69) is 15.3 Å². The molecule has 0 unspecified atom stereocenters. The quantitative estimate of drug-likeness (QED) is 0.755. The highest BCUT2D eigenvalue weighted by Crippen LogP contribution is 2.33. The summed E-state index contributed by atoms with van der Waals surface area (Å²) in [4.78, 5) is 21.9. The summed E-state index contributed by atoms with van der Waals surface area (Å²) in [6.07, 6.45) is 1.86. The molecule has 0 saturated carbocycles. The number of nitrogens with one attached hydrogen (secondary N) is 1. The van der Waals surface area contributed by atoms with Crippen molar-refractivity contribution in [2.75, 3.05) is 16.8 Å². The lowest BCUT2D eigenvalue weighted by Gasteiger charge is -2.25. The molecule has 0 aliphatic carbocycles. The van der Waals surface area contributed by atoms with Crippen LogP contribution in [0.15, 0.2) is 24.4 Å². The van der Waals surface area contributed by atoms with Crippen molar-refractivity contribution < 1.29 is 9.53 Å². The molecular formula is C17H18Cl2N4O2. The van der Waals surface area contributed by atoms with Gasteiger partial charge in [-0.3, -0.25) is 4.90 Å². The molecule has 2 aromatic rings. The minimum atomic E-state index is -0.541. The second-order valence-corrected chi connectivity index (χ2v) is 7.43. The van der Waals surface area contributed by atoms with E-state index in [1.807, 2.05) is 39.0 Å². The van der Waals surface area contributed by atoms with Gasteiger partial charge in [0.2, 0.25) is 5.28 Å². The summed E-state index contributed by atoms with van der Waals surface area (Å²) in [6.45, 7) is 6.13. The van der Waals surface area contributed by atoms with Crippen molar-refractivity contribution in [2.24, 2.45) is 0 Å². The molecule has 1 amide bonds. The molecule has 1 aromatic carbocycles. The Morgan fingerprint density at radius 2 is 2.08 bits per heavy atom. The van der Waals surface area contributed by atoms with Crippen LogP contribution in [0.3, 0.4) is 0 Å². The number of fused-ring (bicyclic) bond motifs is 1. The number of aromatic nitrogens is 2. The first kappa shape index (κ1) is 17.8. The van der Waals surface area contributed by atoms with Crippen molar-refractivity contribution in [1.29, 1.82) is 0 Å². The summed E-state index contributed by atoms with van der Waals surface area (Å²) in [5, 5.41) is 3.56. The number of hydrogen-bond acceptors (Lipinski definition) is 5. The smallest absolute Gasteiger partial charge is 0.414 e. The summed E-state index contributed by atoms with van der Waals surface area (Å²) >= 11 is 11.9. The first-order valence-corrected chi connectivity index (χ1v) is 8.57. The summed E-state index contributed by atoms with van der Waals surface area (Å²) < 4.78 is 5.48. The van der Waals surface area contributed by atoms with Gasteiger partial charge in [0.25, 0.3) is 0 Å². The number of carbonyl (C=O) groups excluding carboxylic acids is 1. The minimum absolute atomic E-state index is 0.100. The maximum Gasteiger partial charge on any atom is 0.414 e.